The minimum atomic E-state index is -2.86. The van der Waals surface area contributed by atoms with Gasteiger partial charge < -0.3 is 10.4 Å². The van der Waals surface area contributed by atoms with Gasteiger partial charge in [-0.2, -0.15) is 0 Å². The zero-order valence-corrected chi connectivity index (χ0v) is 17.5. The molecule has 4 nitrogen and oxygen atoms in total. The van der Waals surface area contributed by atoms with Crippen molar-refractivity contribution in [2.45, 2.75) is 11.3 Å². The Bertz CT molecular complexity index is 1110. The number of alkyl halides is 2. The molecule has 0 spiro atoms. The fraction of sp³-hybridized carbons (Fsp3) is 0.0909. The van der Waals surface area contributed by atoms with Gasteiger partial charge in [0.1, 0.15) is 0 Å². The van der Waals surface area contributed by atoms with Gasteiger partial charge in [-0.3, -0.25) is 5.41 Å². The summed E-state index contributed by atoms with van der Waals surface area (Å²) in [6, 6.07) is 16.2. The highest BCUT2D eigenvalue weighted by Crippen LogP contribution is 2.38. The van der Waals surface area contributed by atoms with Gasteiger partial charge in [-0.15, -0.1) is 23.1 Å². The molecule has 154 valence electrons. The largest absolute Gasteiger partial charge is 0.478 e. The van der Waals surface area contributed by atoms with Gasteiger partial charge >= 0.3 is 5.97 Å². The highest BCUT2D eigenvalue weighted by molar-refractivity contribution is 7.98. The molecule has 30 heavy (non-hydrogen) atoms. The smallest absolute Gasteiger partial charge is 0.337 e. The fourth-order valence-corrected chi connectivity index (χ4v) is 4.18. The fourth-order valence-electron chi connectivity index (χ4n) is 2.71. The summed E-state index contributed by atoms with van der Waals surface area (Å²) >= 11 is 2.98. The molecule has 1 aromatic heterocycles. The number of rotatable bonds is 8. The van der Waals surface area contributed by atoms with Gasteiger partial charge in [-0.1, -0.05) is 24.3 Å². The molecular formula is C22H18F2N2O2S2. The Labute approximate surface area is 180 Å². The molecule has 0 saturated heterocycles. The number of benzene rings is 2. The van der Waals surface area contributed by atoms with Crippen LogP contribution in [0.15, 0.2) is 65.6 Å². The predicted molar refractivity (Wildman–Crippen MR) is 121 cm³/mol. The molecule has 0 aliphatic carbocycles. The quantitative estimate of drug-likeness (QED) is 0.262. The average Bonchev–Trinajstić information content (AvgIpc) is 3.14. The van der Waals surface area contributed by atoms with Crippen LogP contribution in [0.3, 0.4) is 0 Å². The monoisotopic (exact) mass is 444 g/mol. The number of allylic oxidation sites excluding steroid dienone is 1. The third-order valence-electron chi connectivity index (χ3n) is 4.19. The minimum Gasteiger partial charge on any atom is -0.478 e. The van der Waals surface area contributed by atoms with Gasteiger partial charge in [0.2, 0.25) is 0 Å². The normalized spacial score (nSPS) is 11.2. The molecule has 0 amide bonds. The number of halogens is 2. The van der Waals surface area contributed by atoms with Gasteiger partial charge in [-0.05, 0) is 54.3 Å². The van der Waals surface area contributed by atoms with Crippen LogP contribution in [0.5, 0.6) is 0 Å². The zero-order valence-electron chi connectivity index (χ0n) is 15.9. The average molecular weight is 445 g/mol. The van der Waals surface area contributed by atoms with E-state index in [-0.39, 0.29) is 5.56 Å². The van der Waals surface area contributed by atoms with Crippen LogP contribution in [0.1, 0.15) is 15.2 Å². The SMILES string of the molecule is CSc1cccc(-c2cc(Nc3ccccc3C(=O)O)c(/C=C/C(=N)C(F)F)s2)c1. The van der Waals surface area contributed by atoms with Crippen molar-refractivity contribution >= 4 is 52.2 Å². The number of thioether (sulfide) groups is 1. The van der Waals surface area contributed by atoms with Crippen molar-refractivity contribution in [1.29, 1.82) is 5.41 Å². The highest BCUT2D eigenvalue weighted by Gasteiger charge is 2.14. The summed E-state index contributed by atoms with van der Waals surface area (Å²) < 4.78 is 25.4. The van der Waals surface area contributed by atoms with Gasteiger partial charge in [0.15, 0.2) is 0 Å². The van der Waals surface area contributed by atoms with Crippen molar-refractivity contribution in [3.63, 3.8) is 0 Å². The first-order valence-electron chi connectivity index (χ1n) is 8.81. The summed E-state index contributed by atoms with van der Waals surface area (Å²) in [7, 11) is 0. The molecule has 0 radical (unpaired) electrons. The molecule has 0 bridgehead atoms. The van der Waals surface area contributed by atoms with Crippen LogP contribution in [-0.2, 0) is 0 Å². The Kier molecular flexibility index (Phi) is 7.02. The Hall–Kier alpha value is -2.97. The second kappa shape index (κ2) is 9.69. The molecule has 0 atom stereocenters. The number of carboxylic acid groups (broad SMARTS) is 1. The Morgan fingerprint density at radius 1 is 1.17 bits per heavy atom. The van der Waals surface area contributed by atoms with Crippen molar-refractivity contribution in [1.82, 2.24) is 0 Å². The lowest BCUT2D eigenvalue weighted by Gasteiger charge is -2.09. The van der Waals surface area contributed by atoms with Crippen molar-refractivity contribution in [3.05, 3.63) is 71.1 Å². The van der Waals surface area contributed by atoms with Crippen molar-refractivity contribution in [3.8, 4) is 10.4 Å². The van der Waals surface area contributed by atoms with Crippen LogP contribution in [0, 0.1) is 5.41 Å². The highest BCUT2D eigenvalue weighted by atomic mass is 32.2. The third kappa shape index (κ3) is 5.14. The van der Waals surface area contributed by atoms with Gasteiger partial charge in [0, 0.05) is 9.77 Å². The van der Waals surface area contributed by atoms with Crippen LogP contribution in [-0.4, -0.2) is 29.5 Å². The number of anilines is 2. The molecule has 8 heteroatoms. The molecule has 3 rings (SSSR count). The van der Waals surface area contributed by atoms with Gasteiger partial charge in [0.05, 0.1) is 27.5 Å². The number of nitrogens with one attached hydrogen (secondary N) is 2. The van der Waals surface area contributed by atoms with E-state index in [1.54, 1.807) is 30.0 Å². The predicted octanol–water partition coefficient (Wildman–Crippen LogP) is 6.88. The molecule has 3 aromatic rings. The first-order chi connectivity index (χ1) is 14.4. The lowest BCUT2D eigenvalue weighted by atomic mass is 10.1. The van der Waals surface area contributed by atoms with Crippen LogP contribution in [0.2, 0.25) is 0 Å². The Balaban J connectivity index is 2.04. The van der Waals surface area contributed by atoms with Crippen LogP contribution in [0.4, 0.5) is 20.2 Å². The molecule has 0 aliphatic rings. The van der Waals surface area contributed by atoms with E-state index in [0.29, 0.717) is 16.3 Å². The lowest BCUT2D eigenvalue weighted by Crippen LogP contribution is -2.04. The van der Waals surface area contributed by atoms with Crippen molar-refractivity contribution < 1.29 is 18.7 Å². The number of carbonyl (C=O) groups is 1. The second-order valence-electron chi connectivity index (χ2n) is 6.19. The van der Waals surface area contributed by atoms with Crippen molar-refractivity contribution in [2.24, 2.45) is 0 Å². The van der Waals surface area contributed by atoms with E-state index in [4.69, 9.17) is 5.41 Å². The molecule has 1 heterocycles. The molecule has 2 aromatic carbocycles. The maximum Gasteiger partial charge on any atom is 0.337 e. The first kappa shape index (κ1) is 21.7. The molecule has 0 fully saturated rings. The second-order valence-corrected chi connectivity index (χ2v) is 8.15. The van der Waals surface area contributed by atoms with E-state index in [1.165, 1.54) is 23.5 Å². The number of carboxylic acids is 1. The summed E-state index contributed by atoms with van der Waals surface area (Å²) in [6.45, 7) is 0. The maximum atomic E-state index is 12.7. The zero-order chi connectivity index (χ0) is 21.7. The van der Waals surface area contributed by atoms with Crippen LogP contribution >= 0.6 is 23.1 Å². The molecular weight excluding hydrogens is 426 g/mol. The van der Waals surface area contributed by atoms with Crippen LogP contribution < -0.4 is 5.32 Å². The van der Waals surface area contributed by atoms with Crippen LogP contribution in [0.25, 0.3) is 16.5 Å². The summed E-state index contributed by atoms with van der Waals surface area (Å²) in [5.74, 6) is -1.07. The molecule has 0 unspecified atom stereocenters. The van der Waals surface area contributed by atoms with E-state index in [2.05, 4.69) is 5.32 Å². The summed E-state index contributed by atoms with van der Waals surface area (Å²) in [4.78, 5) is 14.1. The van der Waals surface area contributed by atoms with E-state index < -0.39 is 18.1 Å². The standard InChI is InChI=1S/C22H18F2N2O2S2/c1-29-14-6-4-5-13(11-14)20-12-18(19(30-20)10-9-16(25)21(23)24)26-17-8-3-2-7-15(17)22(27)28/h2-12,21,25-26H,1H3,(H,27,28)/b10-9+,25-16?. The number of hydrogen-bond donors (Lipinski definition) is 3. The number of para-hydroxylation sites is 1. The van der Waals surface area contributed by atoms with Gasteiger partial charge in [-0.25, -0.2) is 13.6 Å². The summed E-state index contributed by atoms with van der Waals surface area (Å²) in [5, 5.41) is 19.9. The maximum absolute atomic E-state index is 12.7. The first-order valence-corrected chi connectivity index (χ1v) is 10.9. The molecule has 0 aliphatic heterocycles. The Morgan fingerprint density at radius 2 is 1.93 bits per heavy atom. The molecule has 3 N–H and O–H groups in total. The van der Waals surface area contributed by atoms with Gasteiger partial charge in [0.25, 0.3) is 6.43 Å². The van der Waals surface area contributed by atoms with E-state index >= 15 is 0 Å². The third-order valence-corrected chi connectivity index (χ3v) is 6.07. The topological polar surface area (TPSA) is 73.2 Å². The number of hydrogen-bond acceptors (Lipinski definition) is 5. The van der Waals surface area contributed by atoms with Crippen molar-refractivity contribution in [2.75, 3.05) is 11.6 Å². The summed E-state index contributed by atoms with van der Waals surface area (Å²) in [6.07, 6.45) is 1.63. The van der Waals surface area contributed by atoms with E-state index in [0.717, 1.165) is 21.4 Å². The van der Waals surface area contributed by atoms with E-state index in [9.17, 15) is 18.7 Å². The Morgan fingerprint density at radius 3 is 2.63 bits per heavy atom. The minimum absolute atomic E-state index is 0.102. The number of aromatic carboxylic acids is 1. The lowest BCUT2D eigenvalue weighted by molar-refractivity contribution is 0.0698. The molecule has 0 saturated carbocycles. The van der Waals surface area contributed by atoms with E-state index in [1.807, 2.05) is 36.6 Å². The number of thiophene rings is 1. The summed E-state index contributed by atoms with van der Waals surface area (Å²) in [5.41, 5.74) is 1.25.